The average molecular weight is 297 g/mol. The Morgan fingerprint density at radius 1 is 1.32 bits per heavy atom. The van der Waals surface area contributed by atoms with E-state index in [1.54, 1.807) is 30.5 Å². The molecule has 2 rings (SSSR count). The van der Waals surface area contributed by atoms with Crippen LogP contribution in [0.4, 0.5) is 0 Å². The molecule has 0 fully saturated rings. The van der Waals surface area contributed by atoms with Crippen molar-refractivity contribution in [2.45, 2.75) is 18.8 Å². The largest absolute Gasteiger partial charge is 0.387 e. The van der Waals surface area contributed by atoms with Crippen LogP contribution in [0.1, 0.15) is 21.6 Å². The number of aliphatic hydroxyl groups is 1. The minimum atomic E-state index is -3.35. The van der Waals surface area contributed by atoms with E-state index < -0.39 is 15.9 Å². The molecule has 0 saturated carbocycles. The zero-order chi connectivity index (χ0) is 13.9. The van der Waals surface area contributed by atoms with Crippen molar-refractivity contribution in [3.8, 4) is 0 Å². The van der Waals surface area contributed by atoms with Crippen molar-refractivity contribution in [2.24, 2.45) is 0 Å². The molecular weight excluding hydrogens is 282 g/mol. The summed E-state index contributed by atoms with van der Waals surface area (Å²) in [7, 11) is -3.35. The van der Waals surface area contributed by atoms with Crippen molar-refractivity contribution >= 4 is 21.2 Å². The molecule has 0 amide bonds. The summed E-state index contributed by atoms with van der Waals surface area (Å²) < 4.78 is 24.0. The minimum Gasteiger partial charge on any atom is -0.387 e. The van der Waals surface area contributed by atoms with Crippen molar-refractivity contribution in [3.05, 3.63) is 52.0 Å². The summed E-state index contributed by atoms with van der Waals surface area (Å²) in [6, 6.07) is 8.81. The van der Waals surface area contributed by atoms with E-state index in [1.165, 1.54) is 11.3 Å². The fraction of sp³-hybridized carbons (Fsp3) is 0.308. The van der Waals surface area contributed by atoms with Gasteiger partial charge in [0.25, 0.3) is 0 Å². The SMILES string of the molecule is Cc1ncc(CS(=O)(=O)CC(O)c2ccccc2)s1. The summed E-state index contributed by atoms with van der Waals surface area (Å²) in [6.07, 6.45) is 0.590. The van der Waals surface area contributed by atoms with Gasteiger partial charge >= 0.3 is 0 Å². The van der Waals surface area contributed by atoms with Gasteiger partial charge in [0.1, 0.15) is 0 Å². The van der Waals surface area contributed by atoms with Gasteiger partial charge in [0.2, 0.25) is 0 Å². The molecule has 1 unspecified atom stereocenters. The highest BCUT2D eigenvalue weighted by Crippen LogP contribution is 2.19. The lowest BCUT2D eigenvalue weighted by molar-refractivity contribution is 0.201. The lowest BCUT2D eigenvalue weighted by atomic mass is 10.1. The van der Waals surface area contributed by atoms with E-state index in [2.05, 4.69) is 4.98 Å². The molecule has 1 aromatic heterocycles. The summed E-state index contributed by atoms with van der Waals surface area (Å²) in [5, 5.41) is 10.8. The van der Waals surface area contributed by atoms with Crippen LogP contribution in [0.25, 0.3) is 0 Å². The Hall–Kier alpha value is -1.24. The summed E-state index contributed by atoms with van der Waals surface area (Å²) >= 11 is 1.37. The monoisotopic (exact) mass is 297 g/mol. The van der Waals surface area contributed by atoms with Crippen LogP contribution in [-0.4, -0.2) is 24.3 Å². The molecule has 0 saturated heterocycles. The number of thiazole rings is 1. The van der Waals surface area contributed by atoms with Gasteiger partial charge in [0.15, 0.2) is 9.84 Å². The Bertz CT molecular complexity index is 635. The second-order valence-corrected chi connectivity index (χ2v) is 7.76. The topological polar surface area (TPSA) is 67.3 Å². The Morgan fingerprint density at radius 2 is 2.00 bits per heavy atom. The second kappa shape index (κ2) is 5.81. The van der Waals surface area contributed by atoms with E-state index in [9.17, 15) is 13.5 Å². The van der Waals surface area contributed by atoms with Crippen LogP contribution in [0.2, 0.25) is 0 Å². The first-order valence-corrected chi connectivity index (χ1v) is 8.45. The van der Waals surface area contributed by atoms with Gasteiger partial charge in [-0.15, -0.1) is 11.3 Å². The molecule has 19 heavy (non-hydrogen) atoms. The van der Waals surface area contributed by atoms with Gasteiger partial charge in [-0.3, -0.25) is 0 Å². The van der Waals surface area contributed by atoms with Gasteiger partial charge in [0.05, 0.1) is 22.6 Å². The number of benzene rings is 1. The van der Waals surface area contributed by atoms with Crippen LogP contribution in [0.15, 0.2) is 36.5 Å². The van der Waals surface area contributed by atoms with Crippen molar-refractivity contribution < 1.29 is 13.5 Å². The standard InChI is InChI=1S/C13H15NO3S2/c1-10-14-7-12(18-10)8-19(16,17)9-13(15)11-5-3-2-4-6-11/h2-7,13,15H,8-9H2,1H3. The average Bonchev–Trinajstić information content (AvgIpc) is 2.74. The molecule has 1 heterocycles. The normalized spacial score (nSPS) is 13.4. The molecule has 6 heteroatoms. The van der Waals surface area contributed by atoms with Crippen molar-refractivity contribution in [1.29, 1.82) is 0 Å². The maximum Gasteiger partial charge on any atom is 0.158 e. The van der Waals surface area contributed by atoms with E-state index in [0.29, 0.717) is 10.4 Å². The molecule has 0 bridgehead atoms. The highest BCUT2D eigenvalue weighted by atomic mass is 32.2. The molecule has 0 radical (unpaired) electrons. The zero-order valence-electron chi connectivity index (χ0n) is 10.5. The fourth-order valence-electron chi connectivity index (χ4n) is 1.76. The maximum atomic E-state index is 12.0. The number of hydrogen-bond donors (Lipinski definition) is 1. The first-order valence-electron chi connectivity index (χ1n) is 5.81. The van der Waals surface area contributed by atoms with Gasteiger partial charge in [-0.2, -0.15) is 0 Å². The molecule has 1 N–H and O–H groups in total. The predicted molar refractivity (Wildman–Crippen MR) is 75.7 cm³/mol. The number of nitrogens with zero attached hydrogens (tertiary/aromatic N) is 1. The lowest BCUT2D eigenvalue weighted by Crippen LogP contribution is -2.15. The minimum absolute atomic E-state index is 0.0671. The quantitative estimate of drug-likeness (QED) is 0.917. The van der Waals surface area contributed by atoms with Crippen LogP contribution in [0.5, 0.6) is 0 Å². The first kappa shape index (κ1) is 14.2. The predicted octanol–water partition coefficient (Wildman–Crippen LogP) is 2.10. The van der Waals surface area contributed by atoms with E-state index in [1.807, 2.05) is 13.0 Å². The first-order chi connectivity index (χ1) is 8.96. The number of rotatable bonds is 5. The van der Waals surface area contributed by atoms with Crippen LogP contribution in [-0.2, 0) is 15.6 Å². The second-order valence-electron chi connectivity index (χ2n) is 4.33. The van der Waals surface area contributed by atoms with E-state index in [4.69, 9.17) is 0 Å². The van der Waals surface area contributed by atoms with Gasteiger partial charge in [-0.1, -0.05) is 30.3 Å². The molecule has 0 aliphatic heterocycles. The van der Waals surface area contributed by atoms with Gasteiger partial charge in [0, 0.05) is 11.1 Å². The van der Waals surface area contributed by atoms with Crippen LogP contribution >= 0.6 is 11.3 Å². The van der Waals surface area contributed by atoms with Crippen LogP contribution < -0.4 is 0 Å². The number of aryl methyl sites for hydroxylation is 1. The molecule has 0 aliphatic carbocycles. The molecule has 4 nitrogen and oxygen atoms in total. The Balaban J connectivity index is 2.05. The number of sulfone groups is 1. The maximum absolute atomic E-state index is 12.0. The Kier molecular flexibility index (Phi) is 4.34. The van der Waals surface area contributed by atoms with E-state index in [0.717, 1.165) is 5.01 Å². The van der Waals surface area contributed by atoms with E-state index >= 15 is 0 Å². The molecule has 102 valence electrons. The number of aromatic nitrogens is 1. The summed E-state index contributed by atoms with van der Waals surface area (Å²) in [5.41, 5.74) is 0.617. The summed E-state index contributed by atoms with van der Waals surface area (Å²) in [5.74, 6) is -0.337. The molecular formula is C13H15NO3S2. The molecule has 0 spiro atoms. The fourth-order valence-corrected chi connectivity index (χ4v) is 4.42. The van der Waals surface area contributed by atoms with E-state index in [-0.39, 0.29) is 11.5 Å². The summed E-state index contributed by atoms with van der Waals surface area (Å²) in [4.78, 5) is 4.74. The van der Waals surface area contributed by atoms with Gasteiger partial charge < -0.3 is 5.11 Å². The highest BCUT2D eigenvalue weighted by molar-refractivity contribution is 7.90. The highest BCUT2D eigenvalue weighted by Gasteiger charge is 2.20. The third-order valence-corrected chi connectivity index (χ3v) is 5.30. The zero-order valence-corrected chi connectivity index (χ0v) is 12.1. The Morgan fingerprint density at radius 3 is 2.58 bits per heavy atom. The number of hydrogen-bond acceptors (Lipinski definition) is 5. The van der Waals surface area contributed by atoms with Crippen LogP contribution in [0, 0.1) is 6.92 Å². The molecule has 0 aliphatic rings. The number of aliphatic hydroxyl groups excluding tert-OH is 1. The van der Waals surface area contributed by atoms with Crippen molar-refractivity contribution in [1.82, 2.24) is 4.98 Å². The molecule has 1 aromatic carbocycles. The Labute approximate surface area is 116 Å². The summed E-state index contributed by atoms with van der Waals surface area (Å²) in [6.45, 7) is 1.83. The van der Waals surface area contributed by atoms with Crippen molar-refractivity contribution in [3.63, 3.8) is 0 Å². The molecule has 2 aromatic rings. The lowest BCUT2D eigenvalue weighted by Gasteiger charge is -2.10. The smallest absolute Gasteiger partial charge is 0.158 e. The molecule has 1 atom stereocenters. The van der Waals surface area contributed by atoms with Crippen molar-refractivity contribution in [2.75, 3.05) is 5.75 Å². The third kappa shape index (κ3) is 4.12. The third-order valence-electron chi connectivity index (χ3n) is 2.63. The van der Waals surface area contributed by atoms with Crippen LogP contribution in [0.3, 0.4) is 0 Å². The van der Waals surface area contributed by atoms with Gasteiger partial charge in [-0.25, -0.2) is 13.4 Å². The van der Waals surface area contributed by atoms with Gasteiger partial charge in [-0.05, 0) is 12.5 Å².